The molecule has 0 bridgehead atoms. The number of Topliss-reactive ketones (excluding diaryl/α,β-unsaturated/α-hetero) is 2. The predicted octanol–water partition coefficient (Wildman–Crippen LogP) is 2.55. The largest absolute Gasteiger partial charge is 0.397 e. The lowest BCUT2D eigenvalue weighted by molar-refractivity contribution is 0.0821. The van der Waals surface area contributed by atoms with Crippen LogP contribution in [-0.4, -0.2) is 11.6 Å². The number of nitrogens with two attached hydrogens (primary N) is 2. The molecule has 0 aliphatic heterocycles. The fraction of sp³-hybridized carbons (Fsp3) is 0.125. The summed E-state index contributed by atoms with van der Waals surface area (Å²) in [7, 11) is 0. The number of anilines is 2. The Morgan fingerprint density at radius 2 is 1.45 bits per heavy atom. The summed E-state index contributed by atoms with van der Waals surface area (Å²) in [5.74, 6) is -1.21. The Morgan fingerprint density at radius 1 is 0.850 bits per heavy atom. The van der Waals surface area contributed by atoms with E-state index in [0.717, 1.165) is 0 Å². The number of benzene rings is 2. The van der Waals surface area contributed by atoms with Crippen LogP contribution in [0.25, 0.3) is 0 Å². The Labute approximate surface area is 117 Å². The van der Waals surface area contributed by atoms with E-state index < -0.39 is 5.92 Å². The third kappa shape index (κ3) is 2.69. The summed E-state index contributed by atoms with van der Waals surface area (Å²) in [6, 6.07) is 13.4. The minimum Gasteiger partial charge on any atom is -0.397 e. The summed E-state index contributed by atoms with van der Waals surface area (Å²) >= 11 is 0. The van der Waals surface area contributed by atoms with Crippen molar-refractivity contribution in [2.75, 3.05) is 11.5 Å². The molecule has 0 aliphatic rings. The molecule has 0 radical (unpaired) electrons. The molecule has 102 valence electrons. The van der Waals surface area contributed by atoms with Gasteiger partial charge in [0.15, 0.2) is 11.6 Å². The van der Waals surface area contributed by atoms with Gasteiger partial charge in [-0.2, -0.15) is 0 Å². The first-order valence-corrected chi connectivity index (χ1v) is 6.29. The third-order valence-corrected chi connectivity index (χ3v) is 3.22. The zero-order valence-corrected chi connectivity index (χ0v) is 11.2. The van der Waals surface area contributed by atoms with Crippen molar-refractivity contribution in [3.63, 3.8) is 0 Å². The van der Waals surface area contributed by atoms with Crippen LogP contribution in [0, 0.1) is 5.92 Å². The molecule has 0 aliphatic carbocycles. The fourth-order valence-corrected chi connectivity index (χ4v) is 1.95. The van der Waals surface area contributed by atoms with E-state index in [1.54, 1.807) is 43.3 Å². The summed E-state index contributed by atoms with van der Waals surface area (Å²) in [5, 5.41) is 0. The van der Waals surface area contributed by atoms with Crippen molar-refractivity contribution in [1.82, 2.24) is 0 Å². The molecule has 2 aromatic carbocycles. The van der Waals surface area contributed by atoms with Crippen molar-refractivity contribution >= 4 is 22.9 Å². The molecule has 1 atom stereocenters. The highest BCUT2D eigenvalue weighted by Gasteiger charge is 2.24. The summed E-state index contributed by atoms with van der Waals surface area (Å²) in [5.41, 5.74) is 13.0. The fourth-order valence-electron chi connectivity index (χ4n) is 1.95. The molecular formula is C16H16N2O2. The summed E-state index contributed by atoms with van der Waals surface area (Å²) in [6.45, 7) is 1.60. The first-order valence-electron chi connectivity index (χ1n) is 6.29. The monoisotopic (exact) mass is 268 g/mol. The second-order valence-corrected chi connectivity index (χ2v) is 4.66. The van der Waals surface area contributed by atoms with Crippen molar-refractivity contribution in [2.24, 2.45) is 5.92 Å². The lowest BCUT2D eigenvalue weighted by Gasteiger charge is -2.10. The van der Waals surface area contributed by atoms with Crippen LogP contribution in [0.4, 0.5) is 11.4 Å². The van der Waals surface area contributed by atoms with Crippen LogP contribution < -0.4 is 11.5 Å². The number of ketones is 2. The van der Waals surface area contributed by atoms with Gasteiger partial charge in [0.05, 0.1) is 17.3 Å². The zero-order valence-electron chi connectivity index (χ0n) is 11.2. The van der Waals surface area contributed by atoms with Crippen molar-refractivity contribution in [1.29, 1.82) is 0 Å². The molecule has 4 N–H and O–H groups in total. The van der Waals surface area contributed by atoms with Gasteiger partial charge in [0.1, 0.15) is 0 Å². The van der Waals surface area contributed by atoms with Gasteiger partial charge in [-0.05, 0) is 25.1 Å². The van der Waals surface area contributed by atoms with Crippen LogP contribution >= 0.6 is 0 Å². The van der Waals surface area contributed by atoms with Crippen LogP contribution in [0.5, 0.6) is 0 Å². The molecule has 20 heavy (non-hydrogen) atoms. The Bertz CT molecular complexity index is 651. The second-order valence-electron chi connectivity index (χ2n) is 4.66. The molecule has 2 rings (SSSR count). The quantitative estimate of drug-likeness (QED) is 0.507. The topological polar surface area (TPSA) is 86.2 Å². The number of hydrogen-bond donors (Lipinski definition) is 2. The van der Waals surface area contributed by atoms with E-state index in [0.29, 0.717) is 22.5 Å². The van der Waals surface area contributed by atoms with E-state index >= 15 is 0 Å². The van der Waals surface area contributed by atoms with Crippen molar-refractivity contribution in [3.05, 3.63) is 59.7 Å². The highest BCUT2D eigenvalue weighted by atomic mass is 16.1. The van der Waals surface area contributed by atoms with Gasteiger partial charge in [-0.15, -0.1) is 0 Å². The van der Waals surface area contributed by atoms with E-state index in [-0.39, 0.29) is 11.6 Å². The summed E-state index contributed by atoms with van der Waals surface area (Å²) in [4.78, 5) is 24.5. The smallest absolute Gasteiger partial charge is 0.173 e. The Morgan fingerprint density at radius 3 is 2.05 bits per heavy atom. The van der Waals surface area contributed by atoms with Crippen LogP contribution in [-0.2, 0) is 0 Å². The second kappa shape index (κ2) is 5.57. The minimum atomic E-state index is -0.750. The third-order valence-electron chi connectivity index (χ3n) is 3.22. The molecule has 1 unspecified atom stereocenters. The molecule has 0 amide bonds. The highest BCUT2D eigenvalue weighted by Crippen LogP contribution is 2.20. The maximum absolute atomic E-state index is 12.3. The van der Waals surface area contributed by atoms with Crippen LogP contribution in [0.1, 0.15) is 27.6 Å². The molecule has 4 nitrogen and oxygen atoms in total. The molecule has 0 saturated heterocycles. The maximum atomic E-state index is 12.3. The zero-order chi connectivity index (χ0) is 14.7. The lowest BCUT2D eigenvalue weighted by atomic mass is 9.91. The first kappa shape index (κ1) is 13.8. The maximum Gasteiger partial charge on any atom is 0.173 e. The standard InChI is InChI=1S/C16H16N2O2/c1-10(15(19)11-5-3-2-4-6-11)16(20)12-7-8-13(17)14(18)9-12/h2-10H,17-18H2,1H3. The average Bonchev–Trinajstić information content (AvgIpc) is 2.48. The number of carbonyl (C=O) groups is 2. The molecular weight excluding hydrogens is 252 g/mol. The van der Waals surface area contributed by atoms with E-state index in [1.165, 1.54) is 6.07 Å². The average molecular weight is 268 g/mol. The van der Waals surface area contributed by atoms with Gasteiger partial charge in [0, 0.05) is 11.1 Å². The highest BCUT2D eigenvalue weighted by molar-refractivity contribution is 6.16. The van der Waals surface area contributed by atoms with Gasteiger partial charge in [-0.25, -0.2) is 0 Å². The minimum absolute atomic E-state index is 0.203. The molecule has 2 aromatic rings. The predicted molar refractivity (Wildman–Crippen MR) is 79.5 cm³/mol. The number of rotatable bonds is 4. The van der Waals surface area contributed by atoms with Gasteiger partial charge in [-0.1, -0.05) is 30.3 Å². The summed E-state index contributed by atoms with van der Waals surface area (Å²) < 4.78 is 0. The van der Waals surface area contributed by atoms with E-state index in [2.05, 4.69) is 0 Å². The first-order chi connectivity index (χ1) is 9.50. The van der Waals surface area contributed by atoms with Gasteiger partial charge in [-0.3, -0.25) is 9.59 Å². The molecule has 0 heterocycles. The Hall–Kier alpha value is -2.62. The van der Waals surface area contributed by atoms with Crippen molar-refractivity contribution < 1.29 is 9.59 Å². The lowest BCUT2D eigenvalue weighted by Crippen LogP contribution is -2.21. The van der Waals surface area contributed by atoms with Crippen LogP contribution in [0.3, 0.4) is 0 Å². The van der Waals surface area contributed by atoms with E-state index in [9.17, 15) is 9.59 Å². The van der Waals surface area contributed by atoms with E-state index in [1.807, 2.05) is 6.07 Å². The Balaban J connectivity index is 2.24. The summed E-state index contributed by atoms with van der Waals surface area (Å²) in [6.07, 6.45) is 0. The van der Waals surface area contributed by atoms with Gasteiger partial charge in [0.25, 0.3) is 0 Å². The van der Waals surface area contributed by atoms with Gasteiger partial charge >= 0.3 is 0 Å². The van der Waals surface area contributed by atoms with Gasteiger partial charge in [0.2, 0.25) is 0 Å². The van der Waals surface area contributed by atoms with Crippen molar-refractivity contribution in [2.45, 2.75) is 6.92 Å². The van der Waals surface area contributed by atoms with E-state index in [4.69, 9.17) is 11.5 Å². The van der Waals surface area contributed by atoms with Crippen molar-refractivity contribution in [3.8, 4) is 0 Å². The van der Waals surface area contributed by atoms with Crippen LogP contribution in [0.2, 0.25) is 0 Å². The van der Waals surface area contributed by atoms with Gasteiger partial charge < -0.3 is 11.5 Å². The molecule has 0 spiro atoms. The number of nitrogen functional groups attached to an aromatic ring is 2. The number of carbonyl (C=O) groups excluding carboxylic acids is 2. The molecule has 0 aromatic heterocycles. The molecule has 0 saturated carbocycles. The normalized spacial score (nSPS) is 11.8. The Kier molecular flexibility index (Phi) is 3.84. The van der Waals surface area contributed by atoms with Crippen LogP contribution in [0.15, 0.2) is 48.5 Å². The SMILES string of the molecule is CC(C(=O)c1ccccc1)C(=O)c1ccc(N)c(N)c1. The molecule has 4 heteroatoms. The molecule has 0 fully saturated rings. The number of hydrogen-bond acceptors (Lipinski definition) is 4.